The van der Waals surface area contributed by atoms with Crippen LogP contribution in [-0.4, -0.2) is 5.97 Å². The zero-order valence-corrected chi connectivity index (χ0v) is 11.0. The first-order valence-corrected chi connectivity index (χ1v) is 6.20. The molecule has 0 N–H and O–H groups in total. The second-order valence-corrected chi connectivity index (χ2v) is 4.53. The molecule has 0 atom stereocenters. The summed E-state index contributed by atoms with van der Waals surface area (Å²) in [6, 6.07) is 17.4. The van der Waals surface area contributed by atoms with Crippen LogP contribution in [0.5, 0.6) is 5.75 Å². The molecule has 0 heterocycles. The molecule has 0 aliphatic carbocycles. The lowest BCUT2D eigenvalue weighted by Crippen LogP contribution is -2.13. The number of hydrogen-bond acceptors (Lipinski definition) is 3. The van der Waals surface area contributed by atoms with Crippen molar-refractivity contribution in [3.63, 3.8) is 0 Å². The third-order valence-electron chi connectivity index (χ3n) is 2.65. The van der Waals surface area contributed by atoms with Gasteiger partial charge in [-0.25, -0.2) is 4.79 Å². The third-order valence-corrected chi connectivity index (χ3v) is 2.65. The van der Waals surface area contributed by atoms with Crippen LogP contribution in [0.2, 0.25) is 0 Å². The van der Waals surface area contributed by atoms with Gasteiger partial charge in [0.05, 0.1) is 5.92 Å². The highest BCUT2D eigenvalue weighted by Gasteiger charge is 2.10. The van der Waals surface area contributed by atoms with Gasteiger partial charge in [0.15, 0.2) is 5.75 Å². The highest BCUT2D eigenvalue weighted by molar-refractivity contribution is 5.71. The van der Waals surface area contributed by atoms with Crippen molar-refractivity contribution in [2.75, 3.05) is 0 Å². The lowest BCUT2D eigenvalue weighted by molar-refractivity contribution is -0.217. The Morgan fingerprint density at radius 2 is 1.47 bits per heavy atom. The summed E-state index contributed by atoms with van der Waals surface area (Å²) in [5.74, 6) is -0.0793. The van der Waals surface area contributed by atoms with Crippen molar-refractivity contribution in [1.82, 2.24) is 0 Å². The lowest BCUT2D eigenvalue weighted by Gasteiger charge is -2.07. The molecule has 0 radical (unpaired) electrons. The second-order valence-electron chi connectivity index (χ2n) is 4.53. The van der Waals surface area contributed by atoms with Gasteiger partial charge in [-0.3, -0.25) is 9.78 Å². The largest absolute Gasteiger partial charge is 0.357 e. The summed E-state index contributed by atoms with van der Waals surface area (Å²) in [5, 5.41) is 0. The Hall–Kier alpha value is -2.29. The number of carbonyl (C=O) groups is 1. The summed E-state index contributed by atoms with van der Waals surface area (Å²) in [7, 11) is 0. The number of hydrogen-bond donors (Lipinski definition) is 0. The van der Waals surface area contributed by atoms with E-state index in [2.05, 4.69) is 0 Å². The standard InChI is InChI=1S/C16H16O3/c1-12(2)16(17)19-18-15-10-8-14(9-11-15)13-6-4-3-5-7-13/h3-12H,1-2H3. The van der Waals surface area contributed by atoms with Gasteiger partial charge in [0.2, 0.25) is 0 Å². The van der Waals surface area contributed by atoms with Gasteiger partial charge in [0.1, 0.15) is 0 Å². The summed E-state index contributed by atoms with van der Waals surface area (Å²) in [5.41, 5.74) is 2.22. The van der Waals surface area contributed by atoms with Crippen molar-refractivity contribution in [3.8, 4) is 16.9 Å². The van der Waals surface area contributed by atoms with E-state index in [1.165, 1.54) is 0 Å². The van der Waals surface area contributed by atoms with Crippen LogP contribution >= 0.6 is 0 Å². The van der Waals surface area contributed by atoms with Crippen LogP contribution in [0, 0.1) is 5.92 Å². The van der Waals surface area contributed by atoms with Crippen LogP contribution in [0.25, 0.3) is 11.1 Å². The molecule has 2 aromatic rings. The second kappa shape index (κ2) is 6.05. The fourth-order valence-electron chi connectivity index (χ4n) is 1.52. The van der Waals surface area contributed by atoms with Gasteiger partial charge in [-0.15, -0.1) is 0 Å². The molecule has 0 unspecified atom stereocenters. The number of benzene rings is 2. The Kier molecular flexibility index (Phi) is 4.18. The van der Waals surface area contributed by atoms with E-state index < -0.39 is 0 Å². The average Bonchev–Trinajstić information content (AvgIpc) is 2.46. The lowest BCUT2D eigenvalue weighted by atomic mass is 10.1. The minimum Gasteiger partial charge on any atom is -0.287 e. The molecule has 0 spiro atoms. The molecule has 0 saturated heterocycles. The zero-order chi connectivity index (χ0) is 13.7. The van der Waals surface area contributed by atoms with Crippen molar-refractivity contribution in [2.24, 2.45) is 5.92 Å². The molecule has 3 heteroatoms. The van der Waals surface area contributed by atoms with E-state index in [1.807, 2.05) is 42.5 Å². The topological polar surface area (TPSA) is 35.5 Å². The minimum absolute atomic E-state index is 0.205. The molecule has 98 valence electrons. The van der Waals surface area contributed by atoms with Gasteiger partial charge < -0.3 is 0 Å². The predicted molar refractivity (Wildman–Crippen MR) is 73.4 cm³/mol. The molecule has 2 rings (SSSR count). The molecule has 0 aromatic heterocycles. The third kappa shape index (κ3) is 3.58. The van der Waals surface area contributed by atoms with Gasteiger partial charge >= 0.3 is 5.97 Å². The number of rotatable bonds is 4. The molecule has 3 nitrogen and oxygen atoms in total. The Labute approximate surface area is 112 Å². The van der Waals surface area contributed by atoms with Crippen molar-refractivity contribution >= 4 is 5.97 Å². The van der Waals surface area contributed by atoms with E-state index in [-0.39, 0.29) is 11.9 Å². The SMILES string of the molecule is CC(C)C(=O)OOc1ccc(-c2ccccc2)cc1. The Morgan fingerprint density at radius 1 is 0.895 bits per heavy atom. The van der Waals surface area contributed by atoms with Crippen LogP contribution in [0.4, 0.5) is 0 Å². The van der Waals surface area contributed by atoms with E-state index in [0.717, 1.165) is 11.1 Å². The molecule has 0 aliphatic heterocycles. The van der Waals surface area contributed by atoms with Crippen LogP contribution < -0.4 is 4.89 Å². The van der Waals surface area contributed by atoms with Gasteiger partial charge in [-0.05, 0) is 23.3 Å². The van der Waals surface area contributed by atoms with Crippen molar-refractivity contribution in [3.05, 3.63) is 54.6 Å². The predicted octanol–water partition coefficient (Wildman–Crippen LogP) is 3.85. The Balaban J connectivity index is 2.01. The van der Waals surface area contributed by atoms with E-state index in [1.54, 1.807) is 26.0 Å². The first-order valence-electron chi connectivity index (χ1n) is 6.20. The van der Waals surface area contributed by atoms with Crippen molar-refractivity contribution in [1.29, 1.82) is 0 Å². The molecule has 0 aliphatic rings. The maximum absolute atomic E-state index is 11.3. The van der Waals surface area contributed by atoms with E-state index >= 15 is 0 Å². The smallest absolute Gasteiger partial charge is 0.287 e. The molecular weight excluding hydrogens is 240 g/mol. The zero-order valence-electron chi connectivity index (χ0n) is 11.0. The normalized spacial score (nSPS) is 10.3. The Morgan fingerprint density at radius 3 is 2.05 bits per heavy atom. The fourth-order valence-corrected chi connectivity index (χ4v) is 1.52. The summed E-state index contributed by atoms with van der Waals surface area (Å²) in [4.78, 5) is 20.9. The van der Waals surface area contributed by atoms with Crippen LogP contribution in [-0.2, 0) is 9.68 Å². The van der Waals surface area contributed by atoms with Gasteiger partial charge in [0, 0.05) is 0 Å². The maximum atomic E-state index is 11.3. The molecule has 0 amide bonds. The van der Waals surface area contributed by atoms with Gasteiger partial charge in [-0.1, -0.05) is 56.3 Å². The van der Waals surface area contributed by atoms with Gasteiger partial charge in [-0.2, -0.15) is 0 Å². The molecule has 0 bridgehead atoms. The summed E-state index contributed by atoms with van der Waals surface area (Å²) in [6.45, 7) is 3.51. The molecule has 19 heavy (non-hydrogen) atoms. The van der Waals surface area contributed by atoms with E-state index in [4.69, 9.17) is 9.78 Å². The first-order chi connectivity index (χ1) is 9.16. The molecule has 0 saturated carbocycles. The Bertz CT molecular complexity index is 530. The van der Waals surface area contributed by atoms with Crippen LogP contribution in [0.1, 0.15) is 13.8 Å². The maximum Gasteiger partial charge on any atom is 0.357 e. The highest BCUT2D eigenvalue weighted by Crippen LogP contribution is 2.22. The van der Waals surface area contributed by atoms with Crippen LogP contribution in [0.15, 0.2) is 54.6 Å². The number of carbonyl (C=O) groups excluding carboxylic acids is 1. The molecule has 2 aromatic carbocycles. The highest BCUT2D eigenvalue weighted by atomic mass is 17.2. The van der Waals surface area contributed by atoms with Crippen molar-refractivity contribution in [2.45, 2.75) is 13.8 Å². The minimum atomic E-state index is -0.382. The van der Waals surface area contributed by atoms with Crippen molar-refractivity contribution < 1.29 is 14.6 Å². The summed E-state index contributed by atoms with van der Waals surface area (Å²) in [6.07, 6.45) is 0. The van der Waals surface area contributed by atoms with E-state index in [9.17, 15) is 4.79 Å². The average molecular weight is 256 g/mol. The quantitative estimate of drug-likeness (QED) is 0.615. The summed E-state index contributed by atoms with van der Waals surface area (Å²) >= 11 is 0. The first kappa shape index (κ1) is 13.1. The summed E-state index contributed by atoms with van der Waals surface area (Å²) < 4.78 is 0. The van der Waals surface area contributed by atoms with Gasteiger partial charge in [0.25, 0.3) is 0 Å². The fraction of sp³-hybridized carbons (Fsp3) is 0.188. The molecular formula is C16H16O3. The monoisotopic (exact) mass is 256 g/mol. The van der Waals surface area contributed by atoms with E-state index in [0.29, 0.717) is 5.75 Å². The molecule has 0 fully saturated rings. The van der Waals surface area contributed by atoms with Crippen LogP contribution in [0.3, 0.4) is 0 Å².